The Morgan fingerprint density at radius 2 is 2.00 bits per heavy atom. The van der Waals surface area contributed by atoms with Gasteiger partial charge in [0, 0.05) is 28.9 Å². The van der Waals surface area contributed by atoms with Crippen molar-refractivity contribution in [3.8, 4) is 0 Å². The third kappa shape index (κ3) is 1.98. The van der Waals surface area contributed by atoms with Crippen LogP contribution in [0.2, 0.25) is 0 Å². The molecule has 0 saturated heterocycles. The van der Waals surface area contributed by atoms with Gasteiger partial charge >= 0.3 is 0 Å². The minimum atomic E-state index is 0.680. The molecule has 4 aromatic rings. The first kappa shape index (κ1) is 12.1. The number of hydrogen-bond acceptors (Lipinski definition) is 5. The highest BCUT2D eigenvalue weighted by molar-refractivity contribution is 7.16. The minimum Gasteiger partial charge on any atom is -0.395 e. The van der Waals surface area contributed by atoms with E-state index in [1.54, 1.807) is 17.5 Å². The van der Waals surface area contributed by atoms with Gasteiger partial charge in [0.05, 0.1) is 21.6 Å². The molecule has 0 fully saturated rings. The van der Waals surface area contributed by atoms with Crippen molar-refractivity contribution in [2.45, 2.75) is 0 Å². The van der Waals surface area contributed by atoms with Crippen molar-refractivity contribution >= 4 is 49.4 Å². The van der Waals surface area contributed by atoms with Crippen LogP contribution in [0.4, 0.5) is 17.1 Å². The van der Waals surface area contributed by atoms with Gasteiger partial charge in [0.25, 0.3) is 0 Å². The van der Waals surface area contributed by atoms with E-state index in [2.05, 4.69) is 15.3 Å². The number of fused-ring (bicyclic) bond motifs is 2. The van der Waals surface area contributed by atoms with Gasteiger partial charge in [-0.25, -0.2) is 4.98 Å². The van der Waals surface area contributed by atoms with E-state index in [9.17, 15) is 0 Å². The molecule has 0 atom stereocenters. The van der Waals surface area contributed by atoms with Crippen molar-refractivity contribution in [1.29, 1.82) is 0 Å². The molecule has 0 spiro atoms. The number of nitrogens with zero attached hydrogens (tertiary/aromatic N) is 2. The number of nitrogen functional groups attached to an aromatic ring is 1. The van der Waals surface area contributed by atoms with Gasteiger partial charge in [0.2, 0.25) is 0 Å². The lowest BCUT2D eigenvalue weighted by Crippen LogP contribution is -1.97. The Balaban J connectivity index is 1.84. The Bertz CT molecular complexity index is 940. The van der Waals surface area contributed by atoms with Gasteiger partial charge in [-0.1, -0.05) is 12.1 Å². The van der Waals surface area contributed by atoms with Gasteiger partial charge in [-0.15, -0.1) is 11.3 Å². The summed E-state index contributed by atoms with van der Waals surface area (Å²) in [6.07, 6.45) is 3.65. The quantitative estimate of drug-likeness (QED) is 0.544. The van der Waals surface area contributed by atoms with Gasteiger partial charge in [-0.05, 0) is 24.3 Å². The zero-order valence-electron chi connectivity index (χ0n) is 11.1. The van der Waals surface area contributed by atoms with Crippen LogP contribution in [0, 0.1) is 0 Å². The second-order valence-corrected chi connectivity index (χ2v) is 5.64. The zero-order chi connectivity index (χ0) is 14.2. The molecule has 2 aromatic carbocycles. The maximum atomic E-state index is 6.22. The first-order valence-corrected chi connectivity index (χ1v) is 7.42. The van der Waals surface area contributed by atoms with Crippen LogP contribution in [0.1, 0.15) is 0 Å². The predicted octanol–water partition coefficient (Wildman–Crippen LogP) is 4.17. The summed E-state index contributed by atoms with van der Waals surface area (Å²) < 4.78 is 1.10. The molecule has 0 bridgehead atoms. The van der Waals surface area contributed by atoms with Crippen LogP contribution >= 0.6 is 11.3 Å². The van der Waals surface area contributed by atoms with Gasteiger partial charge in [0.15, 0.2) is 0 Å². The molecule has 0 radical (unpaired) electrons. The number of anilines is 3. The molecule has 2 heterocycles. The van der Waals surface area contributed by atoms with Crippen molar-refractivity contribution in [2.75, 3.05) is 11.1 Å². The number of rotatable bonds is 2. The van der Waals surface area contributed by atoms with E-state index in [4.69, 9.17) is 5.73 Å². The number of thiazole rings is 1. The van der Waals surface area contributed by atoms with E-state index >= 15 is 0 Å². The standard InChI is InChI=1S/C16H12N4S/c17-15-13(4-5-14-16(15)19-9-21-14)20-12-3-1-2-10-8-18-7-6-11(10)12/h1-9,20H,17H2. The molecule has 0 amide bonds. The highest BCUT2D eigenvalue weighted by Crippen LogP contribution is 2.33. The molecule has 2 aromatic heterocycles. The first-order valence-electron chi connectivity index (χ1n) is 6.54. The molecular formula is C16H12N4S. The summed E-state index contributed by atoms with van der Waals surface area (Å²) in [7, 11) is 0. The largest absolute Gasteiger partial charge is 0.395 e. The van der Waals surface area contributed by atoms with Crippen LogP contribution in [0.5, 0.6) is 0 Å². The van der Waals surface area contributed by atoms with E-state index in [1.807, 2.05) is 48.1 Å². The summed E-state index contributed by atoms with van der Waals surface area (Å²) in [6.45, 7) is 0. The third-order valence-corrected chi connectivity index (χ3v) is 4.29. The molecule has 4 nitrogen and oxygen atoms in total. The smallest absolute Gasteiger partial charge is 0.106 e. The number of pyridine rings is 1. The van der Waals surface area contributed by atoms with E-state index < -0.39 is 0 Å². The molecule has 0 unspecified atom stereocenters. The third-order valence-electron chi connectivity index (χ3n) is 3.49. The van der Waals surface area contributed by atoms with Crippen LogP contribution in [0.25, 0.3) is 21.0 Å². The topological polar surface area (TPSA) is 63.8 Å². The van der Waals surface area contributed by atoms with Gasteiger partial charge in [-0.2, -0.15) is 0 Å². The number of hydrogen-bond donors (Lipinski definition) is 2. The van der Waals surface area contributed by atoms with Crippen LogP contribution in [-0.2, 0) is 0 Å². The maximum Gasteiger partial charge on any atom is 0.106 e. The summed E-state index contributed by atoms with van der Waals surface area (Å²) in [5.74, 6) is 0. The summed E-state index contributed by atoms with van der Waals surface area (Å²) in [5.41, 5.74) is 11.5. The Labute approximate surface area is 125 Å². The fourth-order valence-electron chi connectivity index (χ4n) is 2.44. The average molecular weight is 292 g/mol. The fourth-order valence-corrected chi connectivity index (χ4v) is 3.13. The Kier molecular flexibility index (Phi) is 2.72. The molecule has 0 aliphatic heterocycles. The second-order valence-electron chi connectivity index (χ2n) is 4.75. The van der Waals surface area contributed by atoms with E-state index in [1.165, 1.54) is 0 Å². The number of benzene rings is 2. The van der Waals surface area contributed by atoms with Crippen molar-refractivity contribution in [3.63, 3.8) is 0 Å². The molecule has 4 rings (SSSR count). The molecule has 5 heteroatoms. The molecule has 0 aliphatic carbocycles. The van der Waals surface area contributed by atoms with Gasteiger partial charge < -0.3 is 11.1 Å². The Morgan fingerprint density at radius 3 is 2.95 bits per heavy atom. The minimum absolute atomic E-state index is 0.680. The maximum absolute atomic E-state index is 6.22. The Hall–Kier alpha value is -2.66. The van der Waals surface area contributed by atoms with Crippen LogP contribution < -0.4 is 11.1 Å². The lowest BCUT2D eigenvalue weighted by atomic mass is 10.1. The van der Waals surface area contributed by atoms with Crippen molar-refractivity contribution < 1.29 is 0 Å². The summed E-state index contributed by atoms with van der Waals surface area (Å²) >= 11 is 1.59. The van der Waals surface area contributed by atoms with E-state index in [-0.39, 0.29) is 0 Å². The van der Waals surface area contributed by atoms with E-state index in [0.29, 0.717) is 5.69 Å². The summed E-state index contributed by atoms with van der Waals surface area (Å²) in [6, 6.07) is 12.1. The van der Waals surface area contributed by atoms with Gasteiger partial charge in [0.1, 0.15) is 5.52 Å². The summed E-state index contributed by atoms with van der Waals surface area (Å²) in [5, 5.41) is 5.62. The van der Waals surface area contributed by atoms with E-state index in [0.717, 1.165) is 32.4 Å². The van der Waals surface area contributed by atoms with Crippen molar-refractivity contribution in [2.24, 2.45) is 0 Å². The van der Waals surface area contributed by atoms with Crippen LogP contribution in [-0.4, -0.2) is 9.97 Å². The summed E-state index contributed by atoms with van der Waals surface area (Å²) in [4.78, 5) is 8.48. The molecule has 3 N–H and O–H groups in total. The second kappa shape index (κ2) is 4.71. The molecule has 0 aliphatic rings. The fraction of sp³-hybridized carbons (Fsp3) is 0. The zero-order valence-corrected chi connectivity index (χ0v) is 11.9. The normalized spacial score (nSPS) is 11.0. The molecule has 102 valence electrons. The highest BCUT2D eigenvalue weighted by Gasteiger charge is 2.08. The van der Waals surface area contributed by atoms with Crippen LogP contribution in [0.3, 0.4) is 0 Å². The van der Waals surface area contributed by atoms with Gasteiger partial charge in [-0.3, -0.25) is 4.98 Å². The predicted molar refractivity (Wildman–Crippen MR) is 89.1 cm³/mol. The SMILES string of the molecule is Nc1c(Nc2cccc3cnccc23)ccc2scnc12. The number of nitrogens with two attached hydrogens (primary N) is 1. The lowest BCUT2D eigenvalue weighted by Gasteiger charge is -2.12. The van der Waals surface area contributed by atoms with Crippen LogP contribution in [0.15, 0.2) is 54.3 Å². The van der Waals surface area contributed by atoms with Crippen molar-refractivity contribution in [1.82, 2.24) is 9.97 Å². The number of aromatic nitrogens is 2. The first-order chi connectivity index (χ1) is 10.3. The average Bonchev–Trinajstić information content (AvgIpc) is 3.00. The molecular weight excluding hydrogens is 280 g/mol. The monoisotopic (exact) mass is 292 g/mol. The highest BCUT2D eigenvalue weighted by atomic mass is 32.1. The molecule has 0 saturated carbocycles. The number of nitrogens with one attached hydrogen (secondary N) is 1. The van der Waals surface area contributed by atoms with Crippen molar-refractivity contribution in [3.05, 3.63) is 54.3 Å². The lowest BCUT2D eigenvalue weighted by molar-refractivity contribution is 1.36. The Morgan fingerprint density at radius 1 is 1.05 bits per heavy atom. The molecule has 21 heavy (non-hydrogen) atoms.